The number of ether oxygens (including phenoxy) is 1. The molecule has 1 unspecified atom stereocenters. The Hall–Kier alpha value is -2.40. The summed E-state index contributed by atoms with van der Waals surface area (Å²) in [6.07, 6.45) is 2.16. The molecule has 0 aliphatic carbocycles. The van der Waals surface area contributed by atoms with Crippen molar-refractivity contribution in [2.24, 2.45) is 5.92 Å². The van der Waals surface area contributed by atoms with Crippen LogP contribution in [0.1, 0.15) is 36.5 Å². The van der Waals surface area contributed by atoms with Gasteiger partial charge >= 0.3 is 5.97 Å². The largest absolute Gasteiger partial charge is 0.462 e. The van der Waals surface area contributed by atoms with Gasteiger partial charge in [0.1, 0.15) is 10.6 Å². The summed E-state index contributed by atoms with van der Waals surface area (Å²) >= 11 is 7.30. The summed E-state index contributed by atoms with van der Waals surface area (Å²) in [7, 11) is 0. The van der Waals surface area contributed by atoms with Gasteiger partial charge in [0, 0.05) is 35.5 Å². The molecule has 1 aromatic carbocycles. The average molecular weight is 446 g/mol. The summed E-state index contributed by atoms with van der Waals surface area (Å²) in [6.45, 7) is 4.20. The second-order valence-corrected chi connectivity index (χ2v) is 8.43. The lowest BCUT2D eigenvalue weighted by atomic mass is 9.97. The maximum atomic E-state index is 12.9. The number of likely N-dealkylation sites (tertiary alicyclic amines) is 1. The minimum Gasteiger partial charge on any atom is -0.462 e. The van der Waals surface area contributed by atoms with Crippen LogP contribution in [0.15, 0.2) is 29.6 Å². The van der Waals surface area contributed by atoms with Gasteiger partial charge in [-0.15, -0.1) is 11.3 Å². The number of nitriles is 1. The number of nitrogens with zero attached hydrogens (tertiary/aromatic N) is 2. The number of thiophene rings is 1. The third kappa shape index (κ3) is 5.39. The van der Waals surface area contributed by atoms with Gasteiger partial charge in [-0.1, -0.05) is 23.7 Å². The van der Waals surface area contributed by atoms with E-state index in [0.29, 0.717) is 40.7 Å². The van der Waals surface area contributed by atoms with Crippen molar-refractivity contribution in [2.45, 2.75) is 26.2 Å². The Morgan fingerprint density at radius 1 is 1.37 bits per heavy atom. The third-order valence-electron chi connectivity index (χ3n) is 5.08. The molecule has 1 fully saturated rings. The summed E-state index contributed by atoms with van der Waals surface area (Å²) < 4.78 is 5.25. The van der Waals surface area contributed by atoms with E-state index in [1.165, 1.54) is 11.3 Å². The van der Waals surface area contributed by atoms with E-state index < -0.39 is 5.97 Å². The number of amides is 1. The highest BCUT2D eigenvalue weighted by Crippen LogP contribution is 2.37. The van der Waals surface area contributed by atoms with E-state index in [9.17, 15) is 9.59 Å². The van der Waals surface area contributed by atoms with Crippen LogP contribution >= 0.6 is 22.9 Å². The molecular weight excluding hydrogens is 422 g/mol. The highest BCUT2D eigenvalue weighted by atomic mass is 35.5. The first kappa shape index (κ1) is 22.3. The van der Waals surface area contributed by atoms with E-state index in [1.807, 2.05) is 17.5 Å². The van der Waals surface area contributed by atoms with E-state index in [2.05, 4.69) is 16.3 Å². The van der Waals surface area contributed by atoms with Crippen molar-refractivity contribution in [1.29, 1.82) is 5.26 Å². The number of esters is 1. The van der Waals surface area contributed by atoms with Crippen molar-refractivity contribution in [1.82, 2.24) is 4.90 Å². The molecular formula is C22H24ClN3O3S. The maximum Gasteiger partial charge on any atom is 0.341 e. The smallest absolute Gasteiger partial charge is 0.341 e. The first-order valence-corrected chi connectivity index (χ1v) is 11.2. The predicted molar refractivity (Wildman–Crippen MR) is 119 cm³/mol. The molecule has 0 spiro atoms. The molecule has 1 aliphatic rings. The van der Waals surface area contributed by atoms with Crippen molar-refractivity contribution in [2.75, 3.05) is 31.6 Å². The molecule has 1 aromatic heterocycles. The number of nitrogens with one attached hydrogen (secondary N) is 1. The molecule has 1 aliphatic heterocycles. The zero-order valence-electron chi connectivity index (χ0n) is 16.8. The molecule has 158 valence electrons. The van der Waals surface area contributed by atoms with Gasteiger partial charge in [-0.05, 0) is 44.0 Å². The van der Waals surface area contributed by atoms with Gasteiger partial charge < -0.3 is 15.0 Å². The van der Waals surface area contributed by atoms with Gasteiger partial charge in [-0.25, -0.2) is 4.79 Å². The minimum atomic E-state index is -0.460. The normalized spacial score (nSPS) is 16.6. The van der Waals surface area contributed by atoms with Crippen molar-refractivity contribution in [3.63, 3.8) is 0 Å². The van der Waals surface area contributed by atoms with E-state index in [0.717, 1.165) is 24.9 Å². The maximum absolute atomic E-state index is 12.9. The molecule has 2 heterocycles. The summed E-state index contributed by atoms with van der Waals surface area (Å²) in [5.41, 5.74) is 1.92. The lowest BCUT2D eigenvalue weighted by Gasteiger charge is -2.31. The van der Waals surface area contributed by atoms with Crippen molar-refractivity contribution in [3.05, 3.63) is 40.2 Å². The molecule has 1 saturated heterocycles. The Bertz CT molecular complexity index is 936. The van der Waals surface area contributed by atoms with Gasteiger partial charge in [0.25, 0.3) is 0 Å². The number of piperidine rings is 1. The Balaban J connectivity index is 1.81. The molecule has 1 N–H and O–H groups in total. The van der Waals surface area contributed by atoms with Crippen LogP contribution in [0.3, 0.4) is 0 Å². The third-order valence-corrected chi connectivity index (χ3v) is 6.23. The van der Waals surface area contributed by atoms with Crippen LogP contribution in [0.4, 0.5) is 5.00 Å². The van der Waals surface area contributed by atoms with Crippen LogP contribution in [-0.2, 0) is 9.53 Å². The topological polar surface area (TPSA) is 82.4 Å². The fraction of sp³-hybridized carbons (Fsp3) is 0.409. The summed E-state index contributed by atoms with van der Waals surface area (Å²) in [6, 6.07) is 9.36. The quantitative estimate of drug-likeness (QED) is 0.618. The molecule has 0 bridgehead atoms. The molecule has 1 atom stereocenters. The van der Waals surface area contributed by atoms with Gasteiger partial charge in [0.15, 0.2) is 0 Å². The van der Waals surface area contributed by atoms with Crippen LogP contribution < -0.4 is 5.32 Å². The average Bonchev–Trinajstić information content (AvgIpc) is 3.16. The lowest BCUT2D eigenvalue weighted by molar-refractivity contribution is -0.121. The number of benzene rings is 1. The number of rotatable bonds is 7. The number of halogens is 1. The van der Waals surface area contributed by atoms with E-state index >= 15 is 0 Å². The first-order valence-electron chi connectivity index (χ1n) is 9.98. The zero-order chi connectivity index (χ0) is 21.5. The molecule has 0 radical (unpaired) electrons. The summed E-state index contributed by atoms with van der Waals surface area (Å²) in [4.78, 5) is 27.8. The standard InChI is InChI=1S/C22H24ClN3O3S/c1-2-29-22(28)19-18(15-6-8-17(23)9-7-15)14-30-21(19)25-20(27)16-5-3-11-26(13-16)12-4-10-24/h6-9,14,16H,2-5,11-13H2,1H3,(H,25,27). The number of carbonyl (C=O) groups excluding carboxylic acids is 2. The Labute approximate surface area is 185 Å². The second-order valence-electron chi connectivity index (χ2n) is 7.12. The van der Waals surface area contributed by atoms with Crippen LogP contribution in [0.25, 0.3) is 11.1 Å². The van der Waals surface area contributed by atoms with Gasteiger partial charge in [0.05, 0.1) is 18.6 Å². The van der Waals surface area contributed by atoms with Crippen molar-refractivity contribution >= 4 is 39.8 Å². The number of hydrogen-bond acceptors (Lipinski definition) is 6. The Kier molecular flexibility index (Phi) is 7.86. The number of carbonyl (C=O) groups is 2. The van der Waals surface area contributed by atoms with Gasteiger partial charge in [-0.3, -0.25) is 4.79 Å². The van der Waals surface area contributed by atoms with E-state index in [-0.39, 0.29) is 18.4 Å². The second kappa shape index (κ2) is 10.6. The number of hydrogen-bond donors (Lipinski definition) is 1. The monoisotopic (exact) mass is 445 g/mol. The van der Waals surface area contributed by atoms with Crippen molar-refractivity contribution in [3.8, 4) is 17.2 Å². The van der Waals surface area contributed by atoms with E-state index in [4.69, 9.17) is 21.6 Å². The molecule has 8 heteroatoms. The van der Waals surface area contributed by atoms with Crippen molar-refractivity contribution < 1.29 is 14.3 Å². The van der Waals surface area contributed by atoms with Crippen LogP contribution in [0.2, 0.25) is 5.02 Å². The van der Waals surface area contributed by atoms with Gasteiger partial charge in [0.2, 0.25) is 5.91 Å². The Morgan fingerprint density at radius 2 is 2.13 bits per heavy atom. The summed E-state index contributed by atoms with van der Waals surface area (Å²) in [5, 5.41) is 14.7. The highest BCUT2D eigenvalue weighted by molar-refractivity contribution is 7.15. The Morgan fingerprint density at radius 3 is 2.83 bits per heavy atom. The number of anilines is 1. The fourth-order valence-corrected chi connectivity index (χ4v) is 4.68. The minimum absolute atomic E-state index is 0.105. The molecule has 6 nitrogen and oxygen atoms in total. The molecule has 30 heavy (non-hydrogen) atoms. The SMILES string of the molecule is CCOC(=O)c1c(-c2ccc(Cl)cc2)csc1NC(=O)C1CCCN(CCC#N)C1. The van der Waals surface area contributed by atoms with Crippen LogP contribution in [0, 0.1) is 17.2 Å². The molecule has 3 rings (SSSR count). The predicted octanol–water partition coefficient (Wildman–Crippen LogP) is 4.81. The van der Waals surface area contributed by atoms with Crippen LogP contribution in [0.5, 0.6) is 0 Å². The van der Waals surface area contributed by atoms with Gasteiger partial charge in [-0.2, -0.15) is 5.26 Å². The van der Waals surface area contributed by atoms with E-state index in [1.54, 1.807) is 19.1 Å². The summed E-state index contributed by atoms with van der Waals surface area (Å²) in [5.74, 6) is -0.737. The zero-order valence-corrected chi connectivity index (χ0v) is 18.4. The first-order chi connectivity index (χ1) is 14.5. The molecule has 0 saturated carbocycles. The fourth-order valence-electron chi connectivity index (χ4n) is 3.59. The highest BCUT2D eigenvalue weighted by Gasteiger charge is 2.28. The lowest BCUT2D eigenvalue weighted by Crippen LogP contribution is -2.41. The molecule has 1 amide bonds. The van der Waals surface area contributed by atoms with Crippen LogP contribution in [-0.4, -0.2) is 43.0 Å². The molecule has 2 aromatic rings.